The van der Waals surface area contributed by atoms with Gasteiger partial charge in [-0.05, 0) is 37.9 Å². The van der Waals surface area contributed by atoms with E-state index >= 15 is 0 Å². The molecule has 1 saturated heterocycles. The fourth-order valence-electron chi connectivity index (χ4n) is 2.67. The van der Waals surface area contributed by atoms with E-state index in [2.05, 4.69) is 42.2 Å². The minimum atomic E-state index is 0.242. The van der Waals surface area contributed by atoms with Crippen molar-refractivity contribution in [2.75, 3.05) is 26.2 Å². The molecule has 106 valence electrons. The van der Waals surface area contributed by atoms with Crippen molar-refractivity contribution < 1.29 is 4.74 Å². The van der Waals surface area contributed by atoms with Crippen molar-refractivity contribution in [3.8, 4) is 0 Å². The van der Waals surface area contributed by atoms with E-state index in [4.69, 9.17) is 4.74 Å². The molecule has 1 aliphatic heterocycles. The molecular weight excluding hydrogens is 234 g/mol. The highest BCUT2D eigenvalue weighted by Crippen LogP contribution is 2.21. The zero-order valence-electron chi connectivity index (χ0n) is 12.2. The quantitative estimate of drug-likeness (QED) is 0.687. The van der Waals surface area contributed by atoms with Crippen LogP contribution in [0.4, 0.5) is 0 Å². The molecule has 1 aromatic rings. The van der Waals surface area contributed by atoms with E-state index in [1.807, 2.05) is 0 Å². The van der Waals surface area contributed by atoms with Gasteiger partial charge < -0.3 is 9.64 Å². The maximum atomic E-state index is 6.13. The van der Waals surface area contributed by atoms with E-state index in [9.17, 15) is 0 Å². The molecule has 0 radical (unpaired) electrons. The van der Waals surface area contributed by atoms with Gasteiger partial charge in [-0.3, -0.25) is 0 Å². The molecule has 1 unspecified atom stereocenters. The lowest BCUT2D eigenvalue weighted by molar-refractivity contribution is 0.0192. The van der Waals surface area contributed by atoms with E-state index < -0.39 is 0 Å². The summed E-state index contributed by atoms with van der Waals surface area (Å²) in [6.45, 7) is 6.62. The molecule has 1 aliphatic rings. The Morgan fingerprint density at radius 1 is 1.11 bits per heavy atom. The first-order valence-electron chi connectivity index (χ1n) is 7.79. The molecule has 0 amide bonds. The van der Waals surface area contributed by atoms with Gasteiger partial charge in [0.15, 0.2) is 0 Å². The number of unbranched alkanes of at least 4 members (excludes halogenated alkanes) is 1. The Labute approximate surface area is 117 Å². The molecule has 0 aliphatic carbocycles. The van der Waals surface area contributed by atoms with Gasteiger partial charge in [-0.25, -0.2) is 0 Å². The van der Waals surface area contributed by atoms with Crippen LogP contribution in [0.2, 0.25) is 0 Å². The van der Waals surface area contributed by atoms with Crippen LogP contribution in [0, 0.1) is 0 Å². The molecule has 1 fully saturated rings. The smallest absolute Gasteiger partial charge is 0.0951 e. The minimum absolute atomic E-state index is 0.242. The summed E-state index contributed by atoms with van der Waals surface area (Å²) >= 11 is 0. The predicted molar refractivity (Wildman–Crippen MR) is 80.3 cm³/mol. The fraction of sp³-hybridized carbons (Fsp3) is 0.647. The zero-order chi connectivity index (χ0) is 13.3. The molecule has 0 saturated carbocycles. The summed E-state index contributed by atoms with van der Waals surface area (Å²) in [5.74, 6) is 0. The van der Waals surface area contributed by atoms with Crippen LogP contribution in [-0.4, -0.2) is 31.1 Å². The molecule has 0 spiro atoms. The highest BCUT2D eigenvalue weighted by atomic mass is 16.5. The molecule has 2 heteroatoms. The van der Waals surface area contributed by atoms with Crippen LogP contribution in [0.25, 0.3) is 0 Å². The van der Waals surface area contributed by atoms with E-state index in [1.165, 1.54) is 44.3 Å². The molecular formula is C17H27NO. The van der Waals surface area contributed by atoms with Gasteiger partial charge in [0.05, 0.1) is 6.10 Å². The van der Waals surface area contributed by atoms with Crippen LogP contribution < -0.4 is 0 Å². The van der Waals surface area contributed by atoms with Gasteiger partial charge in [0.1, 0.15) is 0 Å². The minimum Gasteiger partial charge on any atom is -0.372 e. The van der Waals surface area contributed by atoms with Crippen molar-refractivity contribution in [2.45, 2.75) is 45.1 Å². The summed E-state index contributed by atoms with van der Waals surface area (Å²) in [4.78, 5) is 2.56. The Hall–Kier alpha value is -0.860. The first-order chi connectivity index (χ1) is 9.40. The summed E-state index contributed by atoms with van der Waals surface area (Å²) in [6.07, 6.45) is 6.68. The second kappa shape index (κ2) is 8.34. The lowest BCUT2D eigenvalue weighted by Crippen LogP contribution is -2.34. The molecule has 0 bridgehead atoms. The Kier molecular flexibility index (Phi) is 6.38. The van der Waals surface area contributed by atoms with Gasteiger partial charge in [0, 0.05) is 13.2 Å². The van der Waals surface area contributed by atoms with Crippen LogP contribution >= 0.6 is 0 Å². The van der Waals surface area contributed by atoms with Crippen LogP contribution in [-0.2, 0) is 4.74 Å². The summed E-state index contributed by atoms with van der Waals surface area (Å²) in [5, 5.41) is 0. The Balaban J connectivity index is 1.92. The summed E-state index contributed by atoms with van der Waals surface area (Å²) in [7, 11) is 0. The average Bonchev–Trinajstić information content (AvgIpc) is 2.48. The van der Waals surface area contributed by atoms with Crippen molar-refractivity contribution in [1.82, 2.24) is 4.90 Å². The van der Waals surface area contributed by atoms with E-state index in [1.54, 1.807) is 0 Å². The number of likely N-dealkylation sites (tertiary alicyclic amines) is 1. The zero-order valence-corrected chi connectivity index (χ0v) is 12.2. The van der Waals surface area contributed by atoms with Gasteiger partial charge in [0.25, 0.3) is 0 Å². The highest BCUT2D eigenvalue weighted by Gasteiger charge is 2.18. The maximum absolute atomic E-state index is 6.13. The molecule has 0 aromatic heterocycles. The predicted octanol–water partition coefficient (Wildman–Crippen LogP) is 4.03. The summed E-state index contributed by atoms with van der Waals surface area (Å²) in [6, 6.07) is 10.7. The maximum Gasteiger partial charge on any atom is 0.0951 e. The summed E-state index contributed by atoms with van der Waals surface area (Å²) < 4.78 is 6.13. The van der Waals surface area contributed by atoms with Crippen molar-refractivity contribution in [2.24, 2.45) is 0 Å². The fourth-order valence-corrected chi connectivity index (χ4v) is 2.67. The number of ether oxygens (including phenoxy) is 1. The van der Waals surface area contributed by atoms with Crippen molar-refractivity contribution in [3.05, 3.63) is 35.9 Å². The SMILES string of the molecule is CCCCOC(CN1CCCCC1)c1ccccc1. The topological polar surface area (TPSA) is 12.5 Å². The molecule has 0 N–H and O–H groups in total. The standard InChI is InChI=1S/C17H27NO/c1-2-3-14-19-17(16-10-6-4-7-11-16)15-18-12-8-5-9-13-18/h4,6-7,10-11,17H,2-3,5,8-9,12-15H2,1H3. The molecule has 19 heavy (non-hydrogen) atoms. The van der Waals surface area contributed by atoms with Gasteiger partial charge in [-0.15, -0.1) is 0 Å². The van der Waals surface area contributed by atoms with E-state index in [-0.39, 0.29) is 6.10 Å². The second-order valence-corrected chi connectivity index (χ2v) is 5.48. The second-order valence-electron chi connectivity index (χ2n) is 5.48. The largest absolute Gasteiger partial charge is 0.372 e. The van der Waals surface area contributed by atoms with Crippen molar-refractivity contribution in [1.29, 1.82) is 0 Å². The van der Waals surface area contributed by atoms with Crippen LogP contribution in [0.1, 0.15) is 50.7 Å². The number of rotatable bonds is 7. The summed E-state index contributed by atoms with van der Waals surface area (Å²) in [5.41, 5.74) is 1.32. The molecule has 2 nitrogen and oxygen atoms in total. The highest BCUT2D eigenvalue weighted by molar-refractivity contribution is 5.18. The number of hydrogen-bond acceptors (Lipinski definition) is 2. The normalized spacial score (nSPS) is 18.4. The third-order valence-corrected chi connectivity index (χ3v) is 3.86. The number of hydrogen-bond donors (Lipinski definition) is 0. The first-order valence-corrected chi connectivity index (χ1v) is 7.79. The number of benzene rings is 1. The third kappa shape index (κ3) is 4.96. The van der Waals surface area contributed by atoms with Crippen molar-refractivity contribution in [3.63, 3.8) is 0 Å². The monoisotopic (exact) mass is 261 g/mol. The van der Waals surface area contributed by atoms with E-state index in [0.29, 0.717) is 0 Å². The average molecular weight is 261 g/mol. The molecule has 1 aromatic carbocycles. The van der Waals surface area contributed by atoms with Gasteiger partial charge in [-0.1, -0.05) is 50.1 Å². The number of nitrogens with zero attached hydrogens (tertiary/aromatic N) is 1. The van der Waals surface area contributed by atoms with Crippen molar-refractivity contribution >= 4 is 0 Å². The Morgan fingerprint density at radius 3 is 2.53 bits per heavy atom. The Morgan fingerprint density at radius 2 is 1.84 bits per heavy atom. The lowest BCUT2D eigenvalue weighted by Gasteiger charge is -2.30. The van der Waals surface area contributed by atoms with Crippen LogP contribution in [0.5, 0.6) is 0 Å². The van der Waals surface area contributed by atoms with Gasteiger partial charge in [-0.2, -0.15) is 0 Å². The molecule has 1 atom stereocenters. The lowest BCUT2D eigenvalue weighted by atomic mass is 10.1. The van der Waals surface area contributed by atoms with E-state index in [0.717, 1.165) is 19.6 Å². The third-order valence-electron chi connectivity index (χ3n) is 3.86. The number of piperidine rings is 1. The van der Waals surface area contributed by atoms with Crippen LogP contribution in [0.3, 0.4) is 0 Å². The molecule has 2 rings (SSSR count). The van der Waals surface area contributed by atoms with Gasteiger partial charge >= 0.3 is 0 Å². The first kappa shape index (κ1) is 14.5. The van der Waals surface area contributed by atoms with Gasteiger partial charge in [0.2, 0.25) is 0 Å². The molecule has 1 heterocycles. The Bertz CT molecular complexity index is 332. The van der Waals surface area contributed by atoms with Crippen LogP contribution in [0.15, 0.2) is 30.3 Å².